The molecule has 2 aromatic heterocycles. The number of hydrogen-bond donors (Lipinski definition) is 0. The fourth-order valence-electron chi connectivity index (χ4n) is 2.24. The summed E-state index contributed by atoms with van der Waals surface area (Å²) in [5, 5.41) is 1.86. The van der Waals surface area contributed by atoms with Crippen LogP contribution in [0.15, 0.2) is 35.7 Å². The van der Waals surface area contributed by atoms with Gasteiger partial charge in [0, 0.05) is 7.05 Å². The average molecular weight is 286 g/mol. The second kappa shape index (κ2) is 5.09. The number of imidazole rings is 1. The SMILES string of the molecule is COc1ccsc1C(=O)Cc1nc2ccccc2n1C. The van der Waals surface area contributed by atoms with Crippen LogP contribution in [-0.2, 0) is 13.5 Å². The molecule has 0 aliphatic heterocycles. The first kappa shape index (κ1) is 12.9. The zero-order valence-corrected chi connectivity index (χ0v) is 12.1. The van der Waals surface area contributed by atoms with E-state index in [9.17, 15) is 4.79 Å². The number of hydrogen-bond acceptors (Lipinski definition) is 4. The van der Waals surface area contributed by atoms with E-state index < -0.39 is 0 Å². The van der Waals surface area contributed by atoms with Crippen LogP contribution in [0.4, 0.5) is 0 Å². The maximum absolute atomic E-state index is 12.4. The van der Waals surface area contributed by atoms with Gasteiger partial charge < -0.3 is 9.30 Å². The van der Waals surface area contributed by atoms with Gasteiger partial charge in [0.2, 0.25) is 0 Å². The molecule has 0 N–H and O–H groups in total. The predicted molar refractivity (Wildman–Crippen MR) is 79.6 cm³/mol. The number of fused-ring (bicyclic) bond motifs is 1. The van der Waals surface area contributed by atoms with Gasteiger partial charge in [-0.2, -0.15) is 0 Å². The summed E-state index contributed by atoms with van der Waals surface area (Å²) in [6.45, 7) is 0. The third-order valence-electron chi connectivity index (χ3n) is 3.30. The molecule has 0 atom stereocenters. The molecule has 102 valence electrons. The van der Waals surface area contributed by atoms with Crippen LogP contribution in [-0.4, -0.2) is 22.4 Å². The van der Waals surface area contributed by atoms with E-state index in [1.54, 1.807) is 7.11 Å². The first-order valence-corrected chi connectivity index (χ1v) is 7.13. The van der Waals surface area contributed by atoms with Crippen LogP contribution in [0.2, 0.25) is 0 Å². The fourth-order valence-corrected chi connectivity index (χ4v) is 3.04. The maximum atomic E-state index is 12.4. The maximum Gasteiger partial charge on any atom is 0.184 e. The van der Waals surface area contributed by atoms with Gasteiger partial charge in [0.05, 0.1) is 24.6 Å². The van der Waals surface area contributed by atoms with Gasteiger partial charge >= 0.3 is 0 Å². The summed E-state index contributed by atoms with van der Waals surface area (Å²) in [7, 11) is 3.51. The molecule has 3 aromatic rings. The molecular weight excluding hydrogens is 272 g/mol. The number of aromatic nitrogens is 2. The van der Waals surface area contributed by atoms with Crippen molar-refractivity contribution in [3.8, 4) is 5.75 Å². The van der Waals surface area contributed by atoms with Gasteiger partial charge in [-0.15, -0.1) is 11.3 Å². The van der Waals surface area contributed by atoms with Crippen molar-refractivity contribution in [3.63, 3.8) is 0 Å². The second-order valence-corrected chi connectivity index (χ2v) is 5.41. The first-order valence-electron chi connectivity index (χ1n) is 6.25. The van der Waals surface area contributed by atoms with E-state index in [1.807, 2.05) is 47.3 Å². The van der Waals surface area contributed by atoms with E-state index in [1.165, 1.54) is 11.3 Å². The van der Waals surface area contributed by atoms with Crippen LogP contribution in [0.5, 0.6) is 5.75 Å². The molecule has 0 saturated carbocycles. The van der Waals surface area contributed by atoms with Crippen molar-refractivity contribution in [2.75, 3.05) is 7.11 Å². The topological polar surface area (TPSA) is 44.1 Å². The standard InChI is InChI=1S/C15H14N2O2S/c1-17-11-6-4-3-5-10(11)16-14(17)9-12(18)15-13(19-2)7-8-20-15/h3-8H,9H2,1-2H3. The molecule has 0 radical (unpaired) electrons. The van der Waals surface area contributed by atoms with Crippen LogP contribution >= 0.6 is 11.3 Å². The molecule has 5 heteroatoms. The Morgan fingerprint density at radius 2 is 2.15 bits per heavy atom. The third-order valence-corrected chi connectivity index (χ3v) is 4.24. The highest BCUT2D eigenvalue weighted by Crippen LogP contribution is 2.26. The number of Topliss-reactive ketones (excluding diaryl/α,β-unsaturated/α-hetero) is 1. The summed E-state index contributed by atoms with van der Waals surface area (Å²) >= 11 is 1.40. The molecular formula is C15H14N2O2S. The van der Waals surface area contributed by atoms with Crippen molar-refractivity contribution < 1.29 is 9.53 Å². The van der Waals surface area contributed by atoms with Crippen molar-refractivity contribution in [1.82, 2.24) is 9.55 Å². The van der Waals surface area contributed by atoms with Crippen molar-refractivity contribution in [2.24, 2.45) is 7.05 Å². The van der Waals surface area contributed by atoms with Gasteiger partial charge in [0.15, 0.2) is 5.78 Å². The van der Waals surface area contributed by atoms with E-state index >= 15 is 0 Å². The molecule has 0 bridgehead atoms. The highest BCUT2D eigenvalue weighted by Gasteiger charge is 2.17. The summed E-state index contributed by atoms with van der Waals surface area (Å²) in [6.07, 6.45) is 0.280. The number of ether oxygens (including phenoxy) is 1. The molecule has 1 aromatic carbocycles. The van der Waals surface area contributed by atoms with Gasteiger partial charge in [0.25, 0.3) is 0 Å². The Hall–Kier alpha value is -2.14. The molecule has 0 amide bonds. The lowest BCUT2D eigenvalue weighted by Crippen LogP contribution is -2.08. The van der Waals surface area contributed by atoms with E-state index in [0.717, 1.165) is 16.9 Å². The van der Waals surface area contributed by atoms with Gasteiger partial charge in [-0.25, -0.2) is 4.98 Å². The van der Waals surface area contributed by atoms with Crippen LogP contribution in [0.25, 0.3) is 11.0 Å². The zero-order chi connectivity index (χ0) is 14.1. The van der Waals surface area contributed by atoms with Gasteiger partial charge in [-0.05, 0) is 23.6 Å². The van der Waals surface area contributed by atoms with Crippen LogP contribution < -0.4 is 4.74 Å². The predicted octanol–water partition coefficient (Wildman–Crippen LogP) is 3.07. The van der Waals surface area contributed by atoms with Gasteiger partial charge in [0.1, 0.15) is 16.5 Å². The molecule has 0 saturated heterocycles. The van der Waals surface area contributed by atoms with Gasteiger partial charge in [-0.1, -0.05) is 12.1 Å². The number of para-hydroxylation sites is 2. The lowest BCUT2D eigenvalue weighted by molar-refractivity contribution is 0.0991. The molecule has 0 aliphatic rings. The Morgan fingerprint density at radius 3 is 2.90 bits per heavy atom. The Kier molecular flexibility index (Phi) is 3.28. The quantitative estimate of drug-likeness (QED) is 0.692. The number of ketones is 1. The molecule has 0 fully saturated rings. The van der Waals surface area contributed by atoms with Crippen LogP contribution in [0.3, 0.4) is 0 Å². The first-order chi connectivity index (χ1) is 9.70. The molecule has 20 heavy (non-hydrogen) atoms. The molecule has 0 unspecified atom stereocenters. The minimum absolute atomic E-state index is 0.0373. The number of carbonyl (C=O) groups excluding carboxylic acids is 1. The largest absolute Gasteiger partial charge is 0.495 e. The van der Waals surface area contributed by atoms with Crippen molar-refractivity contribution >= 4 is 28.2 Å². The van der Waals surface area contributed by atoms with E-state index in [2.05, 4.69) is 4.98 Å². The zero-order valence-electron chi connectivity index (χ0n) is 11.3. The minimum atomic E-state index is 0.0373. The molecule has 0 spiro atoms. The van der Waals surface area contributed by atoms with E-state index in [4.69, 9.17) is 4.74 Å². The highest BCUT2D eigenvalue weighted by atomic mass is 32.1. The van der Waals surface area contributed by atoms with Crippen molar-refractivity contribution in [1.29, 1.82) is 0 Å². The van der Waals surface area contributed by atoms with Gasteiger partial charge in [-0.3, -0.25) is 4.79 Å². The Labute approximate surface area is 120 Å². The normalized spacial score (nSPS) is 10.9. The molecule has 4 nitrogen and oxygen atoms in total. The number of aryl methyl sites for hydroxylation is 1. The number of methoxy groups -OCH3 is 1. The van der Waals surface area contributed by atoms with E-state index in [0.29, 0.717) is 10.6 Å². The highest BCUT2D eigenvalue weighted by molar-refractivity contribution is 7.12. The number of benzene rings is 1. The summed E-state index contributed by atoms with van der Waals surface area (Å²) in [5.74, 6) is 1.45. The Morgan fingerprint density at radius 1 is 1.35 bits per heavy atom. The molecule has 2 heterocycles. The lowest BCUT2D eigenvalue weighted by Gasteiger charge is -2.03. The summed E-state index contributed by atoms with van der Waals surface area (Å²) in [4.78, 5) is 17.5. The summed E-state index contributed by atoms with van der Waals surface area (Å²) < 4.78 is 7.16. The number of carbonyl (C=O) groups is 1. The molecule has 3 rings (SSSR count). The number of thiophene rings is 1. The number of rotatable bonds is 4. The Bertz CT molecular complexity index is 773. The van der Waals surface area contributed by atoms with Crippen LogP contribution in [0.1, 0.15) is 15.5 Å². The average Bonchev–Trinajstić information content (AvgIpc) is 3.05. The second-order valence-electron chi connectivity index (χ2n) is 4.49. The van der Waals surface area contributed by atoms with Crippen LogP contribution in [0, 0.1) is 0 Å². The lowest BCUT2D eigenvalue weighted by atomic mass is 10.2. The van der Waals surface area contributed by atoms with Crippen molar-refractivity contribution in [2.45, 2.75) is 6.42 Å². The minimum Gasteiger partial charge on any atom is -0.495 e. The molecule has 0 aliphatic carbocycles. The van der Waals surface area contributed by atoms with E-state index in [-0.39, 0.29) is 12.2 Å². The smallest absolute Gasteiger partial charge is 0.184 e. The number of nitrogens with zero attached hydrogens (tertiary/aromatic N) is 2. The van der Waals surface area contributed by atoms with Crippen molar-refractivity contribution in [3.05, 3.63) is 46.4 Å². The summed E-state index contributed by atoms with van der Waals surface area (Å²) in [6, 6.07) is 9.69. The third kappa shape index (κ3) is 2.10. The fraction of sp³-hybridized carbons (Fsp3) is 0.200. The summed E-state index contributed by atoms with van der Waals surface area (Å²) in [5.41, 5.74) is 1.95. The Balaban J connectivity index is 1.93. The monoisotopic (exact) mass is 286 g/mol.